The molecule has 1 N–H and O–H groups in total. The molecule has 0 amide bonds. The summed E-state index contributed by atoms with van der Waals surface area (Å²) in [5, 5.41) is 11.9. The average Bonchev–Trinajstić information content (AvgIpc) is 3.48. The summed E-state index contributed by atoms with van der Waals surface area (Å²) < 4.78 is 25.4. The Bertz CT molecular complexity index is 1030. The van der Waals surface area contributed by atoms with E-state index in [2.05, 4.69) is 38.8 Å². The highest BCUT2D eigenvalue weighted by molar-refractivity contribution is 7.09. The first-order chi connectivity index (χ1) is 17.3. The van der Waals surface area contributed by atoms with Crippen LogP contribution in [0.4, 0.5) is 0 Å². The van der Waals surface area contributed by atoms with Crippen LogP contribution in [0.2, 0.25) is 18.1 Å². The van der Waals surface area contributed by atoms with Crippen molar-refractivity contribution in [1.29, 1.82) is 0 Å². The fourth-order valence-electron chi connectivity index (χ4n) is 4.47. The Balaban J connectivity index is 2.08. The smallest absolute Gasteiger partial charge is 0.309 e. The molecular weight excluding hydrogens is 506 g/mol. The van der Waals surface area contributed by atoms with Crippen LogP contribution in [0.5, 0.6) is 11.5 Å². The van der Waals surface area contributed by atoms with Crippen LogP contribution in [0.3, 0.4) is 0 Å². The molecule has 1 aliphatic carbocycles. The number of hydrogen-bond donors (Lipinski definition) is 1. The van der Waals surface area contributed by atoms with Crippen molar-refractivity contribution in [2.45, 2.75) is 103 Å². The molecule has 0 aliphatic heterocycles. The van der Waals surface area contributed by atoms with Crippen LogP contribution >= 0.6 is 11.3 Å². The van der Waals surface area contributed by atoms with Crippen LogP contribution in [-0.2, 0) is 26.8 Å². The van der Waals surface area contributed by atoms with E-state index in [9.17, 15) is 9.90 Å². The lowest BCUT2D eigenvalue weighted by atomic mass is 9.99. The van der Waals surface area contributed by atoms with Gasteiger partial charge in [0.2, 0.25) is 0 Å². The number of aliphatic carboxylic acids is 1. The maximum atomic E-state index is 11.2. The molecule has 1 heterocycles. The molecule has 1 saturated carbocycles. The maximum absolute atomic E-state index is 11.2. The molecule has 0 bridgehead atoms. The summed E-state index contributed by atoms with van der Waals surface area (Å²) in [5.41, 5.74) is 2.47. The third-order valence-corrected chi connectivity index (χ3v) is 13.0. The van der Waals surface area contributed by atoms with Gasteiger partial charge < -0.3 is 23.7 Å². The summed E-state index contributed by atoms with van der Waals surface area (Å²) in [6.07, 6.45) is 4.37. The Morgan fingerprint density at radius 1 is 1.16 bits per heavy atom. The zero-order valence-electron chi connectivity index (χ0n) is 23.6. The number of carboxylic acid groups (broad SMARTS) is 1. The van der Waals surface area contributed by atoms with E-state index in [1.807, 2.05) is 24.4 Å². The summed E-state index contributed by atoms with van der Waals surface area (Å²) in [7, 11) is 1.11. The van der Waals surface area contributed by atoms with Crippen molar-refractivity contribution < 1.29 is 28.5 Å². The molecule has 37 heavy (non-hydrogen) atoms. The second-order valence-electron chi connectivity index (χ2n) is 11.4. The normalized spacial score (nSPS) is 16.5. The standard InChI is InChI=1S/C28H43NO6SSi/c1-18-22(32-5)13-19(14-23(18)33-6)27(35-37(7,8)28(2,3)4)24(34-21-11-9-10-12-21)16-25-29-20(17-36-25)15-26(30)31/h13-14,17,21,24,27H,9-12,15-16H2,1-8H3,(H,30,31). The molecule has 1 aromatic carbocycles. The number of carboxylic acids is 1. The zero-order chi connectivity index (χ0) is 27.4. The Labute approximate surface area is 226 Å². The molecule has 7 nitrogen and oxygen atoms in total. The molecule has 206 valence electrons. The highest BCUT2D eigenvalue weighted by Crippen LogP contribution is 2.44. The van der Waals surface area contributed by atoms with Gasteiger partial charge in [-0.05, 0) is 55.6 Å². The number of benzene rings is 1. The Morgan fingerprint density at radius 2 is 1.76 bits per heavy atom. The van der Waals surface area contributed by atoms with Gasteiger partial charge >= 0.3 is 5.97 Å². The molecule has 2 unspecified atom stereocenters. The lowest BCUT2D eigenvalue weighted by Gasteiger charge is -2.42. The van der Waals surface area contributed by atoms with E-state index in [1.54, 1.807) is 14.2 Å². The topological polar surface area (TPSA) is 87.1 Å². The van der Waals surface area contributed by atoms with Gasteiger partial charge in [-0.25, -0.2) is 4.98 Å². The van der Waals surface area contributed by atoms with Crippen molar-refractivity contribution in [2.75, 3.05) is 14.2 Å². The monoisotopic (exact) mass is 549 g/mol. The highest BCUT2D eigenvalue weighted by Gasteiger charge is 2.42. The van der Waals surface area contributed by atoms with Crippen LogP contribution in [-0.4, -0.2) is 50.8 Å². The molecule has 1 aliphatic rings. The predicted octanol–water partition coefficient (Wildman–Crippen LogP) is 6.73. The quantitative estimate of drug-likeness (QED) is 0.294. The molecule has 2 atom stereocenters. The largest absolute Gasteiger partial charge is 0.496 e. The number of thiazole rings is 1. The van der Waals surface area contributed by atoms with Crippen LogP contribution in [0.1, 0.15) is 74.4 Å². The Kier molecular flexibility index (Phi) is 9.83. The second-order valence-corrected chi connectivity index (χ2v) is 17.1. The van der Waals surface area contributed by atoms with Crippen molar-refractivity contribution in [3.63, 3.8) is 0 Å². The first-order valence-electron chi connectivity index (χ1n) is 13.1. The lowest BCUT2D eigenvalue weighted by Crippen LogP contribution is -2.45. The third-order valence-electron chi connectivity index (χ3n) is 7.65. The minimum absolute atomic E-state index is 0.00212. The summed E-state index contributed by atoms with van der Waals surface area (Å²) in [6.45, 7) is 13.2. The van der Waals surface area contributed by atoms with E-state index >= 15 is 0 Å². The van der Waals surface area contributed by atoms with Gasteiger partial charge in [-0.15, -0.1) is 11.3 Å². The predicted molar refractivity (Wildman–Crippen MR) is 150 cm³/mol. The van der Waals surface area contributed by atoms with Gasteiger partial charge in [0.05, 0.1) is 49.7 Å². The average molecular weight is 550 g/mol. The van der Waals surface area contributed by atoms with Crippen LogP contribution < -0.4 is 9.47 Å². The number of carbonyl (C=O) groups is 1. The van der Waals surface area contributed by atoms with Crippen molar-refractivity contribution in [2.24, 2.45) is 0 Å². The molecule has 0 saturated heterocycles. The van der Waals surface area contributed by atoms with Crippen molar-refractivity contribution in [3.05, 3.63) is 39.3 Å². The third kappa shape index (κ3) is 7.56. The van der Waals surface area contributed by atoms with Gasteiger partial charge in [0.1, 0.15) is 11.5 Å². The lowest BCUT2D eigenvalue weighted by molar-refractivity contribution is -0.136. The van der Waals surface area contributed by atoms with E-state index in [1.165, 1.54) is 11.3 Å². The van der Waals surface area contributed by atoms with E-state index in [4.69, 9.17) is 18.6 Å². The van der Waals surface area contributed by atoms with E-state index in [0.29, 0.717) is 12.1 Å². The first-order valence-corrected chi connectivity index (χ1v) is 16.8. The van der Waals surface area contributed by atoms with Crippen LogP contribution in [0, 0.1) is 6.92 Å². The molecule has 3 rings (SSSR count). The molecule has 1 aromatic heterocycles. The minimum atomic E-state index is -2.23. The van der Waals surface area contributed by atoms with Gasteiger partial charge in [0.15, 0.2) is 8.32 Å². The summed E-state index contributed by atoms with van der Waals surface area (Å²) >= 11 is 1.48. The molecule has 2 aromatic rings. The number of methoxy groups -OCH3 is 2. The van der Waals surface area contributed by atoms with E-state index in [0.717, 1.165) is 53.3 Å². The fraction of sp³-hybridized carbons (Fsp3) is 0.643. The fourth-order valence-corrected chi connectivity index (χ4v) is 6.59. The maximum Gasteiger partial charge on any atom is 0.309 e. The molecule has 0 radical (unpaired) electrons. The number of rotatable bonds is 12. The van der Waals surface area contributed by atoms with Gasteiger partial charge in [0.25, 0.3) is 0 Å². The van der Waals surface area contributed by atoms with Crippen molar-refractivity contribution in [3.8, 4) is 11.5 Å². The Morgan fingerprint density at radius 3 is 2.27 bits per heavy atom. The van der Waals surface area contributed by atoms with Gasteiger partial charge in [-0.3, -0.25) is 4.79 Å². The minimum Gasteiger partial charge on any atom is -0.496 e. The highest BCUT2D eigenvalue weighted by atomic mass is 32.1. The zero-order valence-corrected chi connectivity index (χ0v) is 25.4. The van der Waals surface area contributed by atoms with Gasteiger partial charge in [0, 0.05) is 17.4 Å². The van der Waals surface area contributed by atoms with E-state index in [-0.39, 0.29) is 29.8 Å². The molecular formula is C28H43NO6SSi. The molecule has 9 heteroatoms. The number of nitrogens with zero attached hydrogens (tertiary/aromatic N) is 1. The molecule has 1 fully saturated rings. The number of hydrogen-bond acceptors (Lipinski definition) is 7. The first kappa shape index (κ1) is 29.6. The second kappa shape index (κ2) is 12.3. The summed E-state index contributed by atoms with van der Waals surface area (Å²) in [4.78, 5) is 15.9. The van der Waals surface area contributed by atoms with Crippen LogP contribution in [0.25, 0.3) is 0 Å². The van der Waals surface area contributed by atoms with Crippen molar-refractivity contribution >= 4 is 25.6 Å². The van der Waals surface area contributed by atoms with Gasteiger partial charge in [-0.1, -0.05) is 33.6 Å². The molecule has 0 spiro atoms. The number of ether oxygens (including phenoxy) is 3. The van der Waals surface area contributed by atoms with Crippen molar-refractivity contribution in [1.82, 2.24) is 4.98 Å². The number of aromatic nitrogens is 1. The van der Waals surface area contributed by atoms with Crippen LogP contribution in [0.15, 0.2) is 17.5 Å². The van der Waals surface area contributed by atoms with E-state index < -0.39 is 14.3 Å². The Hall–Kier alpha value is -1.94. The SMILES string of the molecule is COc1cc(C(O[Si](C)(C)C(C)(C)C)C(Cc2nc(CC(=O)O)cs2)OC2CCCC2)cc(OC)c1C. The summed E-state index contributed by atoms with van der Waals surface area (Å²) in [6, 6.07) is 4.08. The summed E-state index contributed by atoms with van der Waals surface area (Å²) in [5.74, 6) is 0.611. The van der Waals surface area contributed by atoms with Gasteiger partial charge in [-0.2, -0.15) is 0 Å².